The molecule has 3 aromatic rings. The number of nitriles is 1. The molecular formula is C25H26N4O3. The van der Waals surface area contributed by atoms with E-state index < -0.39 is 5.92 Å². The first-order chi connectivity index (χ1) is 15.7. The van der Waals surface area contributed by atoms with Crippen molar-refractivity contribution in [2.24, 2.45) is 5.73 Å². The summed E-state index contributed by atoms with van der Waals surface area (Å²) in [7, 11) is 1.60. The number of nitrogens with zero attached hydrogens (tertiary/aromatic N) is 2. The van der Waals surface area contributed by atoms with Gasteiger partial charge in [0.05, 0.1) is 13.0 Å². The summed E-state index contributed by atoms with van der Waals surface area (Å²) >= 11 is 0. The normalized spacial score (nSPS) is 15.0. The molecule has 1 atom stereocenters. The van der Waals surface area contributed by atoms with Crippen molar-refractivity contribution in [3.63, 3.8) is 0 Å². The van der Waals surface area contributed by atoms with Gasteiger partial charge in [-0.1, -0.05) is 49.7 Å². The van der Waals surface area contributed by atoms with Crippen molar-refractivity contribution in [2.45, 2.75) is 38.7 Å². The van der Waals surface area contributed by atoms with Gasteiger partial charge in [0.2, 0.25) is 11.8 Å². The van der Waals surface area contributed by atoms with Crippen molar-refractivity contribution < 1.29 is 14.2 Å². The van der Waals surface area contributed by atoms with E-state index in [1.165, 1.54) is 0 Å². The van der Waals surface area contributed by atoms with Gasteiger partial charge in [-0.05, 0) is 36.1 Å². The van der Waals surface area contributed by atoms with E-state index in [0.29, 0.717) is 29.6 Å². The highest BCUT2D eigenvalue weighted by Crippen LogP contribution is 2.45. The fourth-order valence-electron chi connectivity index (χ4n) is 3.90. The maximum absolute atomic E-state index is 9.86. The van der Waals surface area contributed by atoms with Crippen LogP contribution >= 0.6 is 0 Å². The van der Waals surface area contributed by atoms with Crippen molar-refractivity contribution in [3.8, 4) is 23.4 Å². The molecule has 0 amide bonds. The zero-order chi connectivity index (χ0) is 22.5. The Bertz CT molecular complexity index is 1160. The van der Waals surface area contributed by atoms with Crippen molar-refractivity contribution >= 4 is 0 Å². The van der Waals surface area contributed by atoms with Gasteiger partial charge in [0.1, 0.15) is 18.2 Å². The average molecular weight is 431 g/mol. The molecule has 1 aromatic heterocycles. The molecule has 4 rings (SSSR count). The second-order valence-corrected chi connectivity index (χ2v) is 7.63. The number of benzene rings is 2. The van der Waals surface area contributed by atoms with Crippen LogP contribution in [0.2, 0.25) is 0 Å². The number of aromatic amines is 1. The molecule has 1 aliphatic heterocycles. The lowest BCUT2D eigenvalue weighted by molar-refractivity contribution is 0.284. The van der Waals surface area contributed by atoms with Gasteiger partial charge in [-0.3, -0.25) is 5.10 Å². The van der Waals surface area contributed by atoms with Crippen molar-refractivity contribution in [3.05, 3.63) is 82.4 Å². The van der Waals surface area contributed by atoms with E-state index >= 15 is 0 Å². The van der Waals surface area contributed by atoms with Crippen molar-refractivity contribution in [2.75, 3.05) is 7.11 Å². The molecule has 2 aromatic carbocycles. The van der Waals surface area contributed by atoms with Gasteiger partial charge < -0.3 is 19.9 Å². The second kappa shape index (κ2) is 9.48. The Kier molecular flexibility index (Phi) is 6.31. The summed E-state index contributed by atoms with van der Waals surface area (Å²) in [6, 6.07) is 17.9. The van der Waals surface area contributed by atoms with Crippen LogP contribution in [0, 0.1) is 11.3 Å². The van der Waals surface area contributed by atoms with Crippen LogP contribution in [0.5, 0.6) is 17.4 Å². The number of aryl methyl sites for hydroxylation is 1. The topological polar surface area (TPSA) is 106 Å². The Balaban J connectivity index is 1.70. The number of nitrogens with two attached hydrogens (primary N) is 1. The van der Waals surface area contributed by atoms with Gasteiger partial charge in [0, 0.05) is 11.3 Å². The fraction of sp³-hybridized carbons (Fsp3) is 0.280. The molecule has 0 saturated carbocycles. The van der Waals surface area contributed by atoms with Gasteiger partial charge in [0.25, 0.3) is 0 Å². The summed E-state index contributed by atoms with van der Waals surface area (Å²) in [5, 5.41) is 17.2. The maximum atomic E-state index is 9.86. The first kappa shape index (κ1) is 21.3. The number of ether oxygens (including phenoxy) is 3. The molecule has 2 heterocycles. The standard InChI is InChI=1S/C25H26N4O3/c1-3-4-10-19-23-22(18(14-26)24(27)32-25(23)29-28-19)17-11-12-20(21(13-17)30-2)31-15-16-8-6-5-7-9-16/h5-9,11-13,22H,3-4,10,15,27H2,1-2H3,(H,28,29). The summed E-state index contributed by atoms with van der Waals surface area (Å²) in [6.45, 7) is 2.56. The van der Waals surface area contributed by atoms with Crippen molar-refractivity contribution in [1.29, 1.82) is 5.26 Å². The summed E-state index contributed by atoms with van der Waals surface area (Å²) < 4.78 is 17.3. The fourth-order valence-corrected chi connectivity index (χ4v) is 3.90. The van der Waals surface area contributed by atoms with Crippen LogP contribution in [0.15, 0.2) is 60.0 Å². The number of unbranched alkanes of at least 4 members (excludes halogenated alkanes) is 1. The van der Waals surface area contributed by atoms with Crippen LogP contribution in [-0.4, -0.2) is 17.3 Å². The number of methoxy groups -OCH3 is 1. The minimum absolute atomic E-state index is 0.0712. The molecule has 32 heavy (non-hydrogen) atoms. The van der Waals surface area contributed by atoms with Gasteiger partial charge in [-0.15, -0.1) is 5.10 Å². The zero-order valence-corrected chi connectivity index (χ0v) is 18.2. The van der Waals surface area contributed by atoms with E-state index in [4.69, 9.17) is 19.9 Å². The highest BCUT2D eigenvalue weighted by molar-refractivity contribution is 5.57. The lowest BCUT2D eigenvalue weighted by Crippen LogP contribution is -2.21. The molecule has 0 fully saturated rings. The van der Waals surface area contributed by atoms with Crippen LogP contribution in [0.4, 0.5) is 0 Å². The molecule has 0 aliphatic carbocycles. The van der Waals surface area contributed by atoms with E-state index in [9.17, 15) is 5.26 Å². The maximum Gasteiger partial charge on any atom is 0.244 e. The summed E-state index contributed by atoms with van der Waals surface area (Å²) in [4.78, 5) is 0. The number of aromatic nitrogens is 2. The molecular weight excluding hydrogens is 404 g/mol. The Morgan fingerprint density at radius 1 is 1.19 bits per heavy atom. The first-order valence-corrected chi connectivity index (χ1v) is 10.7. The number of hydrogen-bond donors (Lipinski definition) is 2. The number of H-pyrrole nitrogens is 1. The van der Waals surface area contributed by atoms with Crippen LogP contribution in [-0.2, 0) is 13.0 Å². The van der Waals surface area contributed by atoms with E-state index in [2.05, 4.69) is 23.2 Å². The van der Waals surface area contributed by atoms with Crippen LogP contribution < -0.4 is 19.9 Å². The predicted molar refractivity (Wildman–Crippen MR) is 120 cm³/mol. The van der Waals surface area contributed by atoms with E-state index in [0.717, 1.165) is 41.6 Å². The Morgan fingerprint density at radius 3 is 2.72 bits per heavy atom. The Labute approximate surface area is 187 Å². The quantitative estimate of drug-likeness (QED) is 0.543. The summed E-state index contributed by atoms with van der Waals surface area (Å²) in [6.07, 6.45) is 2.86. The third kappa shape index (κ3) is 4.12. The van der Waals surface area contributed by atoms with Gasteiger partial charge in [-0.25, -0.2) is 0 Å². The smallest absolute Gasteiger partial charge is 0.244 e. The minimum Gasteiger partial charge on any atom is -0.493 e. The Hall–Kier alpha value is -3.92. The molecule has 0 bridgehead atoms. The first-order valence-electron chi connectivity index (χ1n) is 10.7. The number of rotatable bonds is 8. The van der Waals surface area contributed by atoms with Gasteiger partial charge in [-0.2, -0.15) is 5.26 Å². The average Bonchev–Trinajstić information content (AvgIpc) is 3.23. The molecule has 1 unspecified atom stereocenters. The highest BCUT2D eigenvalue weighted by atomic mass is 16.5. The summed E-state index contributed by atoms with van der Waals surface area (Å²) in [5.74, 6) is 1.30. The zero-order valence-electron chi connectivity index (χ0n) is 18.2. The summed E-state index contributed by atoms with van der Waals surface area (Å²) in [5.41, 5.74) is 10.2. The number of nitrogens with one attached hydrogen (secondary N) is 1. The molecule has 0 saturated heterocycles. The molecule has 7 heteroatoms. The minimum atomic E-state index is -0.397. The molecule has 164 valence electrons. The largest absolute Gasteiger partial charge is 0.493 e. The number of fused-ring (bicyclic) bond motifs is 1. The predicted octanol–water partition coefficient (Wildman–Crippen LogP) is 4.56. The molecule has 7 nitrogen and oxygen atoms in total. The van der Waals surface area contributed by atoms with Gasteiger partial charge >= 0.3 is 0 Å². The van der Waals surface area contributed by atoms with Crippen LogP contribution in [0.25, 0.3) is 0 Å². The molecule has 0 radical (unpaired) electrons. The number of hydrogen-bond acceptors (Lipinski definition) is 6. The number of allylic oxidation sites excluding steroid dienone is 1. The second-order valence-electron chi connectivity index (χ2n) is 7.63. The Morgan fingerprint density at radius 2 is 2.00 bits per heavy atom. The molecule has 0 spiro atoms. The molecule has 1 aliphatic rings. The highest BCUT2D eigenvalue weighted by Gasteiger charge is 2.35. The van der Waals surface area contributed by atoms with Crippen molar-refractivity contribution in [1.82, 2.24) is 10.2 Å². The van der Waals surface area contributed by atoms with E-state index in [-0.39, 0.29) is 5.88 Å². The molecule has 3 N–H and O–H groups in total. The third-order valence-electron chi connectivity index (χ3n) is 5.56. The monoisotopic (exact) mass is 430 g/mol. The lowest BCUT2D eigenvalue weighted by Gasteiger charge is -2.25. The van der Waals surface area contributed by atoms with Gasteiger partial charge in [0.15, 0.2) is 11.5 Å². The lowest BCUT2D eigenvalue weighted by atomic mass is 9.83. The third-order valence-corrected chi connectivity index (χ3v) is 5.56. The van der Waals surface area contributed by atoms with E-state index in [1.54, 1.807) is 7.11 Å². The van der Waals surface area contributed by atoms with E-state index in [1.807, 2.05) is 48.5 Å². The van der Waals surface area contributed by atoms with Crippen LogP contribution in [0.1, 0.15) is 48.1 Å². The SMILES string of the molecule is CCCCc1[nH]nc2c1C(c1ccc(OCc3ccccc3)c(OC)c1)C(C#N)=C(N)O2. The van der Waals surface area contributed by atoms with Crippen LogP contribution in [0.3, 0.4) is 0 Å².